The number of hydrogen-bond donors (Lipinski definition) is 1. The van der Waals surface area contributed by atoms with Crippen LogP contribution in [0.5, 0.6) is 0 Å². The Morgan fingerprint density at radius 3 is 2.60 bits per heavy atom. The Bertz CT molecular complexity index is 497. The van der Waals surface area contributed by atoms with Crippen LogP contribution in [-0.4, -0.2) is 32.1 Å². The van der Waals surface area contributed by atoms with Gasteiger partial charge in [-0.25, -0.2) is 0 Å². The highest BCUT2D eigenvalue weighted by atomic mass is 32.1. The zero-order chi connectivity index (χ0) is 14.5. The molecular weight excluding hydrogens is 268 g/mol. The minimum absolute atomic E-state index is 0.887. The van der Waals surface area contributed by atoms with Gasteiger partial charge in [-0.05, 0) is 47.9 Å². The summed E-state index contributed by atoms with van der Waals surface area (Å²) in [5.74, 6) is 2.11. The standard InChI is InChI=1S/C16H24N2OS/c1-13-9-16(19-14(13)2)11-18(7-6-17(3)4)10-15-5-8-20-12-15/h5,8-9,12H,6-7,10-11H2,1-4H3/p+1. The zero-order valence-electron chi connectivity index (χ0n) is 12.9. The van der Waals surface area contributed by atoms with Gasteiger partial charge < -0.3 is 9.32 Å². The number of nitrogens with one attached hydrogen (secondary N) is 1. The Kier molecular flexibility index (Phi) is 5.40. The van der Waals surface area contributed by atoms with Gasteiger partial charge in [0, 0.05) is 13.1 Å². The predicted molar refractivity (Wildman–Crippen MR) is 84.3 cm³/mol. The molecule has 2 rings (SSSR count). The molecule has 2 aromatic rings. The second-order valence-electron chi connectivity index (χ2n) is 5.75. The van der Waals surface area contributed by atoms with Gasteiger partial charge in [0.2, 0.25) is 0 Å². The minimum atomic E-state index is 0.887. The molecule has 1 N–H and O–H groups in total. The van der Waals surface area contributed by atoms with E-state index in [1.165, 1.54) is 16.0 Å². The first-order chi connectivity index (χ1) is 9.54. The molecule has 3 nitrogen and oxygen atoms in total. The Balaban J connectivity index is 2.01. The maximum Gasteiger partial charge on any atom is 0.118 e. The molecule has 2 heterocycles. The summed E-state index contributed by atoms with van der Waals surface area (Å²) in [4.78, 5) is 3.94. The molecule has 0 aliphatic rings. The van der Waals surface area contributed by atoms with E-state index in [0.717, 1.165) is 37.7 Å². The van der Waals surface area contributed by atoms with Gasteiger partial charge in [-0.15, -0.1) is 0 Å². The second kappa shape index (κ2) is 7.07. The number of furan rings is 1. The Hall–Kier alpha value is -1.10. The van der Waals surface area contributed by atoms with Gasteiger partial charge in [0.05, 0.1) is 27.2 Å². The van der Waals surface area contributed by atoms with Crippen molar-refractivity contribution in [1.29, 1.82) is 0 Å². The molecule has 0 amide bonds. The molecule has 0 aliphatic heterocycles. The van der Waals surface area contributed by atoms with Crippen LogP contribution in [0.3, 0.4) is 0 Å². The normalized spacial score (nSPS) is 11.7. The van der Waals surface area contributed by atoms with Gasteiger partial charge in [-0.1, -0.05) is 0 Å². The number of aryl methyl sites for hydroxylation is 2. The van der Waals surface area contributed by atoms with Crippen LogP contribution in [0.4, 0.5) is 0 Å². The topological polar surface area (TPSA) is 20.8 Å². The first-order valence-corrected chi connectivity index (χ1v) is 8.07. The molecular formula is C16H25N2OS+. The molecule has 110 valence electrons. The van der Waals surface area contributed by atoms with Crippen LogP contribution in [0.2, 0.25) is 0 Å². The fourth-order valence-electron chi connectivity index (χ4n) is 2.18. The summed E-state index contributed by atoms with van der Waals surface area (Å²) in [5, 5.41) is 4.38. The second-order valence-corrected chi connectivity index (χ2v) is 6.53. The molecule has 0 bridgehead atoms. The number of nitrogens with zero attached hydrogens (tertiary/aromatic N) is 1. The number of likely N-dealkylation sites (N-methyl/N-ethyl adjacent to an activating group) is 1. The lowest BCUT2D eigenvalue weighted by atomic mass is 10.2. The van der Waals surface area contributed by atoms with Crippen molar-refractivity contribution in [3.8, 4) is 0 Å². The Morgan fingerprint density at radius 1 is 1.25 bits per heavy atom. The average molecular weight is 293 g/mol. The molecule has 0 unspecified atom stereocenters. The highest BCUT2D eigenvalue weighted by molar-refractivity contribution is 7.07. The molecule has 0 aliphatic carbocycles. The predicted octanol–water partition coefficient (Wildman–Crippen LogP) is 2.10. The Morgan fingerprint density at radius 2 is 2.05 bits per heavy atom. The van der Waals surface area contributed by atoms with E-state index in [0.29, 0.717) is 0 Å². The van der Waals surface area contributed by atoms with Crippen LogP contribution < -0.4 is 4.90 Å². The van der Waals surface area contributed by atoms with Gasteiger partial charge in [0.25, 0.3) is 0 Å². The van der Waals surface area contributed by atoms with Crippen molar-refractivity contribution in [2.75, 3.05) is 27.2 Å². The lowest BCUT2D eigenvalue weighted by Crippen LogP contribution is -3.06. The molecule has 0 aromatic carbocycles. The van der Waals surface area contributed by atoms with Gasteiger partial charge in [-0.2, -0.15) is 11.3 Å². The summed E-state index contributed by atoms with van der Waals surface area (Å²) in [6, 6.07) is 4.37. The number of thiophene rings is 1. The number of rotatable bonds is 7. The molecule has 4 heteroatoms. The van der Waals surface area contributed by atoms with E-state index in [-0.39, 0.29) is 0 Å². The van der Waals surface area contributed by atoms with Crippen LogP contribution in [0.25, 0.3) is 0 Å². The molecule has 0 fully saturated rings. The lowest BCUT2D eigenvalue weighted by Gasteiger charge is -2.21. The summed E-state index contributed by atoms with van der Waals surface area (Å²) in [6.07, 6.45) is 0. The van der Waals surface area contributed by atoms with Gasteiger partial charge in [0.1, 0.15) is 11.5 Å². The van der Waals surface area contributed by atoms with E-state index in [2.05, 4.69) is 48.8 Å². The number of quaternary nitrogens is 1. The molecule has 0 atom stereocenters. The molecule has 0 saturated heterocycles. The third kappa shape index (κ3) is 4.47. The van der Waals surface area contributed by atoms with Crippen molar-refractivity contribution >= 4 is 11.3 Å². The lowest BCUT2D eigenvalue weighted by molar-refractivity contribution is -0.857. The summed E-state index contributed by atoms with van der Waals surface area (Å²) < 4.78 is 5.82. The maximum atomic E-state index is 5.82. The van der Waals surface area contributed by atoms with E-state index in [1.54, 1.807) is 11.3 Å². The molecule has 0 saturated carbocycles. The molecule has 0 spiro atoms. The van der Waals surface area contributed by atoms with E-state index in [1.807, 2.05) is 6.92 Å². The van der Waals surface area contributed by atoms with E-state index in [9.17, 15) is 0 Å². The van der Waals surface area contributed by atoms with E-state index < -0.39 is 0 Å². The van der Waals surface area contributed by atoms with Crippen molar-refractivity contribution in [2.45, 2.75) is 26.9 Å². The first kappa shape index (κ1) is 15.3. The Labute approximate surface area is 125 Å². The quantitative estimate of drug-likeness (QED) is 0.844. The molecule has 20 heavy (non-hydrogen) atoms. The fraction of sp³-hybridized carbons (Fsp3) is 0.500. The van der Waals surface area contributed by atoms with Crippen molar-refractivity contribution in [1.82, 2.24) is 4.90 Å². The van der Waals surface area contributed by atoms with Crippen molar-refractivity contribution < 1.29 is 9.32 Å². The van der Waals surface area contributed by atoms with Gasteiger partial charge >= 0.3 is 0 Å². The zero-order valence-corrected chi connectivity index (χ0v) is 13.7. The number of hydrogen-bond acceptors (Lipinski definition) is 3. The van der Waals surface area contributed by atoms with Crippen LogP contribution in [0.15, 0.2) is 27.3 Å². The smallest absolute Gasteiger partial charge is 0.118 e. The summed E-state index contributed by atoms with van der Waals surface area (Å²) >= 11 is 1.76. The first-order valence-electron chi connectivity index (χ1n) is 7.13. The van der Waals surface area contributed by atoms with E-state index >= 15 is 0 Å². The largest absolute Gasteiger partial charge is 0.465 e. The highest BCUT2D eigenvalue weighted by Gasteiger charge is 2.12. The summed E-state index contributed by atoms with van der Waals surface area (Å²) in [6.45, 7) is 8.24. The monoisotopic (exact) mass is 293 g/mol. The van der Waals surface area contributed by atoms with Crippen LogP contribution >= 0.6 is 11.3 Å². The minimum Gasteiger partial charge on any atom is -0.465 e. The van der Waals surface area contributed by atoms with Crippen LogP contribution in [0, 0.1) is 13.8 Å². The summed E-state index contributed by atoms with van der Waals surface area (Å²) in [7, 11) is 4.40. The molecule has 0 radical (unpaired) electrons. The van der Waals surface area contributed by atoms with Crippen molar-refractivity contribution in [3.63, 3.8) is 0 Å². The third-order valence-electron chi connectivity index (χ3n) is 3.51. The SMILES string of the molecule is Cc1cc(CN(CC[NH+](C)C)Cc2ccsc2)oc1C. The van der Waals surface area contributed by atoms with Crippen LogP contribution in [-0.2, 0) is 13.1 Å². The fourth-order valence-corrected chi connectivity index (χ4v) is 2.84. The highest BCUT2D eigenvalue weighted by Crippen LogP contribution is 2.17. The molecule has 2 aromatic heterocycles. The van der Waals surface area contributed by atoms with Crippen molar-refractivity contribution in [3.05, 3.63) is 45.5 Å². The van der Waals surface area contributed by atoms with Crippen LogP contribution in [0.1, 0.15) is 22.6 Å². The average Bonchev–Trinajstić information content (AvgIpc) is 2.98. The van der Waals surface area contributed by atoms with Crippen molar-refractivity contribution in [2.24, 2.45) is 0 Å². The summed E-state index contributed by atoms with van der Waals surface area (Å²) in [5.41, 5.74) is 2.64. The third-order valence-corrected chi connectivity index (χ3v) is 4.24. The van der Waals surface area contributed by atoms with Gasteiger partial charge in [0.15, 0.2) is 0 Å². The maximum absolute atomic E-state index is 5.82. The van der Waals surface area contributed by atoms with E-state index in [4.69, 9.17) is 4.42 Å². The van der Waals surface area contributed by atoms with Gasteiger partial charge in [-0.3, -0.25) is 4.90 Å².